The fourth-order valence-corrected chi connectivity index (χ4v) is 2.49. The third kappa shape index (κ3) is 2.76. The number of benzene rings is 1. The van der Waals surface area contributed by atoms with Crippen molar-refractivity contribution in [3.63, 3.8) is 0 Å². The molecule has 0 atom stereocenters. The molecule has 0 fully saturated rings. The van der Waals surface area contributed by atoms with Crippen molar-refractivity contribution in [3.8, 4) is 0 Å². The Morgan fingerprint density at radius 1 is 1.29 bits per heavy atom. The Morgan fingerprint density at radius 3 is 2.86 bits per heavy atom. The van der Waals surface area contributed by atoms with E-state index < -0.39 is 0 Å². The number of ether oxygens (including phenoxy) is 1. The summed E-state index contributed by atoms with van der Waals surface area (Å²) in [5.41, 5.74) is 3.12. The molecule has 0 saturated heterocycles. The molecule has 3 rings (SSSR count). The number of esters is 1. The number of fused-ring (bicyclic) bond motifs is 1. The Kier molecular flexibility index (Phi) is 3.62. The molecule has 21 heavy (non-hydrogen) atoms. The van der Waals surface area contributed by atoms with Crippen LogP contribution >= 0.6 is 11.6 Å². The van der Waals surface area contributed by atoms with Gasteiger partial charge in [-0.1, -0.05) is 29.8 Å². The molecule has 5 heteroatoms. The number of aromatic nitrogens is 2. The molecule has 0 unspecified atom stereocenters. The lowest BCUT2D eigenvalue weighted by Gasteiger charge is -2.01. The first-order chi connectivity index (χ1) is 10.2. The number of rotatable bonds is 3. The van der Waals surface area contributed by atoms with Gasteiger partial charge in [-0.25, -0.2) is 9.78 Å². The molecule has 0 aliphatic rings. The number of nitrogens with zero attached hydrogens (tertiary/aromatic N) is 2. The van der Waals surface area contributed by atoms with Gasteiger partial charge in [0.2, 0.25) is 0 Å². The van der Waals surface area contributed by atoms with Gasteiger partial charge in [-0.05, 0) is 29.8 Å². The van der Waals surface area contributed by atoms with Gasteiger partial charge in [-0.15, -0.1) is 0 Å². The van der Waals surface area contributed by atoms with Crippen LogP contribution in [0.1, 0.15) is 21.7 Å². The number of hydrogen-bond donors (Lipinski definition) is 0. The van der Waals surface area contributed by atoms with E-state index in [0.717, 1.165) is 16.9 Å². The van der Waals surface area contributed by atoms with Gasteiger partial charge in [-0.3, -0.25) is 4.40 Å². The van der Waals surface area contributed by atoms with Crippen LogP contribution in [-0.4, -0.2) is 22.5 Å². The molecule has 0 radical (unpaired) electrons. The van der Waals surface area contributed by atoms with Crippen molar-refractivity contribution >= 4 is 23.2 Å². The first-order valence-corrected chi connectivity index (χ1v) is 6.85. The summed E-state index contributed by atoms with van der Waals surface area (Å²) in [6.07, 6.45) is 2.51. The zero-order chi connectivity index (χ0) is 14.8. The van der Waals surface area contributed by atoms with E-state index >= 15 is 0 Å². The van der Waals surface area contributed by atoms with Crippen LogP contribution in [0.4, 0.5) is 0 Å². The molecule has 0 aliphatic heterocycles. The highest BCUT2D eigenvalue weighted by molar-refractivity contribution is 6.30. The Bertz CT molecular complexity index is 811. The van der Waals surface area contributed by atoms with E-state index in [1.165, 1.54) is 7.11 Å². The predicted molar refractivity (Wildman–Crippen MR) is 80.8 cm³/mol. The topological polar surface area (TPSA) is 43.6 Å². The van der Waals surface area contributed by atoms with E-state index in [9.17, 15) is 4.79 Å². The van der Waals surface area contributed by atoms with E-state index in [2.05, 4.69) is 4.98 Å². The lowest BCUT2D eigenvalue weighted by Crippen LogP contribution is -2.06. The molecule has 4 nitrogen and oxygen atoms in total. The van der Waals surface area contributed by atoms with Gasteiger partial charge < -0.3 is 4.74 Å². The van der Waals surface area contributed by atoms with Gasteiger partial charge in [0.15, 0.2) is 0 Å². The fourth-order valence-electron chi connectivity index (χ4n) is 2.27. The summed E-state index contributed by atoms with van der Waals surface area (Å²) in [4.78, 5) is 16.3. The quantitative estimate of drug-likeness (QED) is 0.697. The van der Waals surface area contributed by atoms with Crippen LogP contribution < -0.4 is 0 Å². The number of hydrogen-bond acceptors (Lipinski definition) is 3. The highest BCUT2D eigenvalue weighted by Gasteiger charge is 2.12. The van der Waals surface area contributed by atoms with Crippen LogP contribution in [0.5, 0.6) is 0 Å². The van der Waals surface area contributed by atoms with Crippen LogP contribution in [-0.2, 0) is 11.2 Å². The molecule has 0 N–H and O–H groups in total. The Hall–Kier alpha value is -2.33. The molecule has 0 amide bonds. The molecule has 106 valence electrons. The number of halogens is 1. The van der Waals surface area contributed by atoms with Crippen molar-refractivity contribution in [1.29, 1.82) is 0 Å². The third-order valence-corrected chi connectivity index (χ3v) is 3.45. The maximum Gasteiger partial charge on any atom is 0.355 e. The van der Waals surface area contributed by atoms with Crippen LogP contribution in [0.2, 0.25) is 5.02 Å². The highest BCUT2D eigenvalue weighted by Crippen LogP contribution is 2.16. The van der Waals surface area contributed by atoms with Gasteiger partial charge >= 0.3 is 5.97 Å². The van der Waals surface area contributed by atoms with Gasteiger partial charge in [0.25, 0.3) is 0 Å². The van der Waals surface area contributed by atoms with Crippen LogP contribution in [0, 0.1) is 0 Å². The molecule has 0 spiro atoms. The van der Waals surface area contributed by atoms with Gasteiger partial charge in [0.05, 0.1) is 12.8 Å². The first kappa shape index (κ1) is 13.6. The second kappa shape index (κ2) is 5.58. The summed E-state index contributed by atoms with van der Waals surface area (Å²) < 4.78 is 6.52. The minimum absolute atomic E-state index is 0.382. The van der Waals surface area contributed by atoms with Crippen molar-refractivity contribution in [1.82, 2.24) is 9.38 Å². The van der Waals surface area contributed by atoms with Crippen molar-refractivity contribution < 1.29 is 9.53 Å². The minimum Gasteiger partial charge on any atom is -0.464 e. The molecular weight excluding hydrogens is 288 g/mol. The second-order valence-corrected chi connectivity index (χ2v) is 5.11. The molecular formula is C16H13ClN2O2. The van der Waals surface area contributed by atoms with Gasteiger partial charge in [-0.2, -0.15) is 0 Å². The molecule has 2 heterocycles. The van der Waals surface area contributed by atoms with Crippen molar-refractivity contribution in [2.75, 3.05) is 7.11 Å². The minimum atomic E-state index is -0.382. The van der Waals surface area contributed by atoms with Crippen LogP contribution in [0.3, 0.4) is 0 Å². The SMILES string of the molecule is COC(=O)c1cccc2nc(Cc3cccc(Cl)c3)cn12. The smallest absolute Gasteiger partial charge is 0.355 e. The molecule has 3 aromatic rings. The lowest BCUT2D eigenvalue weighted by atomic mass is 10.1. The third-order valence-electron chi connectivity index (χ3n) is 3.21. The summed E-state index contributed by atoms with van der Waals surface area (Å²) >= 11 is 5.99. The van der Waals surface area contributed by atoms with Gasteiger partial charge in [0.1, 0.15) is 11.3 Å². The Morgan fingerprint density at radius 2 is 2.10 bits per heavy atom. The molecule has 0 saturated carbocycles. The summed E-state index contributed by atoms with van der Waals surface area (Å²) in [6, 6.07) is 13.0. The normalized spacial score (nSPS) is 10.8. The summed E-state index contributed by atoms with van der Waals surface area (Å²) in [6.45, 7) is 0. The Labute approximate surface area is 126 Å². The Balaban J connectivity index is 1.99. The second-order valence-electron chi connectivity index (χ2n) is 4.67. The number of methoxy groups -OCH3 is 1. The highest BCUT2D eigenvalue weighted by atomic mass is 35.5. The summed E-state index contributed by atoms with van der Waals surface area (Å²) in [5, 5.41) is 0.700. The lowest BCUT2D eigenvalue weighted by molar-refractivity contribution is 0.0592. The number of imidazole rings is 1. The van der Waals surface area contributed by atoms with E-state index in [0.29, 0.717) is 17.1 Å². The largest absolute Gasteiger partial charge is 0.464 e. The monoisotopic (exact) mass is 300 g/mol. The van der Waals surface area contributed by atoms with Crippen LogP contribution in [0.15, 0.2) is 48.7 Å². The van der Waals surface area contributed by atoms with E-state index in [1.807, 2.05) is 36.5 Å². The maximum absolute atomic E-state index is 11.8. The average Bonchev–Trinajstić information content (AvgIpc) is 2.88. The molecule has 2 aromatic heterocycles. The van der Waals surface area contributed by atoms with Crippen LogP contribution in [0.25, 0.3) is 5.65 Å². The van der Waals surface area contributed by atoms with E-state index in [1.54, 1.807) is 16.5 Å². The number of carbonyl (C=O) groups is 1. The number of carbonyl (C=O) groups excluding carboxylic acids is 1. The number of pyridine rings is 1. The fraction of sp³-hybridized carbons (Fsp3) is 0.125. The maximum atomic E-state index is 11.8. The van der Waals surface area contributed by atoms with Gasteiger partial charge in [0, 0.05) is 17.6 Å². The summed E-state index contributed by atoms with van der Waals surface area (Å²) in [5.74, 6) is -0.382. The van der Waals surface area contributed by atoms with E-state index in [-0.39, 0.29) is 5.97 Å². The van der Waals surface area contributed by atoms with Crippen molar-refractivity contribution in [2.45, 2.75) is 6.42 Å². The summed E-state index contributed by atoms with van der Waals surface area (Å²) in [7, 11) is 1.37. The standard InChI is InChI=1S/C16H13ClN2O2/c1-21-16(20)14-6-3-7-15-18-13(10-19(14)15)9-11-4-2-5-12(17)8-11/h2-8,10H,9H2,1H3. The molecule has 1 aromatic carbocycles. The molecule has 0 bridgehead atoms. The molecule has 0 aliphatic carbocycles. The average molecular weight is 301 g/mol. The zero-order valence-corrected chi connectivity index (χ0v) is 12.2. The first-order valence-electron chi connectivity index (χ1n) is 6.47. The van der Waals surface area contributed by atoms with Crippen molar-refractivity contribution in [2.24, 2.45) is 0 Å². The van der Waals surface area contributed by atoms with E-state index in [4.69, 9.17) is 16.3 Å². The predicted octanol–water partition coefficient (Wildman–Crippen LogP) is 3.37. The van der Waals surface area contributed by atoms with Crippen molar-refractivity contribution in [3.05, 3.63) is 70.6 Å². The zero-order valence-electron chi connectivity index (χ0n) is 11.4.